The van der Waals surface area contributed by atoms with Crippen LogP contribution in [0.25, 0.3) is 0 Å². The largest absolute Gasteiger partial charge is 0.0576 e. The molecule has 0 spiro atoms. The van der Waals surface area contributed by atoms with Gasteiger partial charge in [0.05, 0.1) is 0 Å². The van der Waals surface area contributed by atoms with Gasteiger partial charge in [0.1, 0.15) is 0 Å². The molecule has 0 nitrogen and oxygen atoms in total. The van der Waals surface area contributed by atoms with Gasteiger partial charge < -0.3 is 0 Å². The summed E-state index contributed by atoms with van der Waals surface area (Å²) in [5.41, 5.74) is 11.5. The molecule has 0 aromatic heterocycles. The van der Waals surface area contributed by atoms with E-state index in [0.717, 1.165) is 0 Å². The lowest BCUT2D eigenvalue weighted by Crippen LogP contribution is -2.26. The Morgan fingerprint density at radius 3 is 0.919 bits per heavy atom. The first-order valence-corrected chi connectivity index (χ1v) is 16.3. The maximum atomic E-state index is 2.52. The predicted octanol–water partition coefficient (Wildman–Crippen LogP) is 8.11. The SMILES string of the molecule is Cc1cc(C)cc(P(C[C@@H](C)P(c2cc(C)cc(C)c2)c2cc(C)cc(C)c2)c2cc(C)cc(C)c2)c1. The second-order valence-electron chi connectivity index (χ2n) is 11.2. The Kier molecular flexibility index (Phi) is 8.74. The Bertz CT molecular complexity index is 1230. The molecule has 4 aromatic rings. The normalized spacial score (nSPS) is 12.4. The van der Waals surface area contributed by atoms with Crippen molar-refractivity contribution in [2.75, 3.05) is 6.16 Å². The van der Waals surface area contributed by atoms with Crippen molar-refractivity contribution in [1.29, 1.82) is 0 Å². The van der Waals surface area contributed by atoms with E-state index in [0.29, 0.717) is 5.66 Å². The maximum absolute atomic E-state index is 2.52. The number of hydrogen-bond donors (Lipinski definition) is 0. The fourth-order valence-electron chi connectivity index (χ4n) is 5.76. The molecule has 0 heterocycles. The molecule has 4 rings (SSSR count). The smallest absolute Gasteiger partial charge is 0.0112 e. The summed E-state index contributed by atoms with van der Waals surface area (Å²) in [4.78, 5) is 0. The molecule has 0 saturated carbocycles. The van der Waals surface area contributed by atoms with Crippen LogP contribution >= 0.6 is 15.8 Å². The van der Waals surface area contributed by atoms with E-state index < -0.39 is 15.8 Å². The highest BCUT2D eigenvalue weighted by Gasteiger charge is 2.27. The molecule has 0 aliphatic heterocycles. The average molecular weight is 525 g/mol. The third-order valence-electron chi connectivity index (χ3n) is 6.89. The summed E-state index contributed by atoms with van der Waals surface area (Å²) < 4.78 is 0. The summed E-state index contributed by atoms with van der Waals surface area (Å²) in [5.74, 6) is 0. The molecule has 1 atom stereocenters. The molecule has 2 heteroatoms. The van der Waals surface area contributed by atoms with Crippen molar-refractivity contribution >= 4 is 37.1 Å². The molecule has 0 radical (unpaired) electrons. The van der Waals surface area contributed by atoms with Crippen molar-refractivity contribution in [2.45, 2.75) is 68.0 Å². The molecule has 0 saturated heterocycles. The van der Waals surface area contributed by atoms with Crippen LogP contribution in [0.15, 0.2) is 72.8 Å². The third-order valence-corrected chi connectivity index (χ3v) is 12.6. The van der Waals surface area contributed by atoms with E-state index in [1.165, 1.54) is 71.9 Å². The van der Waals surface area contributed by atoms with Crippen molar-refractivity contribution in [3.05, 3.63) is 117 Å². The second kappa shape index (κ2) is 11.6. The number of aryl methyl sites for hydroxylation is 8. The number of rotatable bonds is 7. The molecule has 0 aliphatic carbocycles. The maximum Gasteiger partial charge on any atom is -0.0112 e. The molecular weight excluding hydrogens is 482 g/mol. The van der Waals surface area contributed by atoms with Crippen LogP contribution in [-0.2, 0) is 0 Å². The molecular formula is C35H42P2. The van der Waals surface area contributed by atoms with Crippen LogP contribution in [0.2, 0.25) is 0 Å². The van der Waals surface area contributed by atoms with E-state index in [9.17, 15) is 0 Å². The molecule has 0 unspecified atom stereocenters. The molecule has 0 aliphatic rings. The van der Waals surface area contributed by atoms with Gasteiger partial charge in [-0.2, -0.15) is 0 Å². The highest BCUT2D eigenvalue weighted by Crippen LogP contribution is 2.47. The van der Waals surface area contributed by atoms with E-state index >= 15 is 0 Å². The van der Waals surface area contributed by atoms with E-state index in [1.54, 1.807) is 0 Å². The van der Waals surface area contributed by atoms with Gasteiger partial charge in [0, 0.05) is 0 Å². The average Bonchev–Trinajstić information content (AvgIpc) is 2.75. The Morgan fingerprint density at radius 1 is 0.405 bits per heavy atom. The van der Waals surface area contributed by atoms with Gasteiger partial charge in [-0.3, -0.25) is 0 Å². The molecule has 4 aromatic carbocycles. The molecule has 0 N–H and O–H groups in total. The van der Waals surface area contributed by atoms with Gasteiger partial charge in [0.15, 0.2) is 0 Å². The van der Waals surface area contributed by atoms with E-state index in [1.807, 2.05) is 0 Å². The zero-order valence-corrected chi connectivity index (χ0v) is 25.9. The van der Waals surface area contributed by atoms with Crippen LogP contribution in [0.1, 0.15) is 51.4 Å². The fourth-order valence-corrected chi connectivity index (χ4v) is 12.3. The summed E-state index contributed by atoms with van der Waals surface area (Å²) in [6, 6.07) is 28.8. The van der Waals surface area contributed by atoms with Crippen LogP contribution in [0, 0.1) is 55.4 Å². The Balaban J connectivity index is 1.85. The second-order valence-corrected chi connectivity index (χ2v) is 16.1. The van der Waals surface area contributed by atoms with Crippen molar-refractivity contribution in [2.24, 2.45) is 0 Å². The standard InChI is InChI=1S/C35H42P2/c1-23-10-24(2)15-32(14-23)36(33-16-25(3)11-26(4)17-33)22-31(9)37(34-18-27(5)12-28(6)19-34)35-20-29(7)13-30(8)21-35/h10-21,31H,22H2,1-9H3/t31-/m1/s1. The Labute approximate surface area is 228 Å². The van der Waals surface area contributed by atoms with Gasteiger partial charge in [-0.1, -0.05) is 124 Å². The molecule has 0 fully saturated rings. The minimum atomic E-state index is -0.505. The first-order chi connectivity index (χ1) is 17.5. The number of hydrogen-bond acceptors (Lipinski definition) is 0. The summed E-state index contributed by atoms with van der Waals surface area (Å²) >= 11 is 0. The lowest BCUT2D eigenvalue weighted by atomic mass is 10.2. The summed E-state index contributed by atoms with van der Waals surface area (Å²) in [5, 5.41) is 6.06. The molecule has 0 amide bonds. The van der Waals surface area contributed by atoms with Gasteiger partial charge >= 0.3 is 0 Å². The lowest BCUT2D eigenvalue weighted by molar-refractivity contribution is 1.11. The minimum Gasteiger partial charge on any atom is -0.0576 e. The van der Waals surface area contributed by atoms with Crippen LogP contribution < -0.4 is 21.2 Å². The highest BCUT2D eigenvalue weighted by molar-refractivity contribution is 7.77. The monoisotopic (exact) mass is 524 g/mol. The van der Waals surface area contributed by atoms with E-state index in [4.69, 9.17) is 0 Å². The zero-order chi connectivity index (χ0) is 26.9. The topological polar surface area (TPSA) is 0 Å². The van der Waals surface area contributed by atoms with Crippen molar-refractivity contribution in [1.82, 2.24) is 0 Å². The third kappa shape index (κ3) is 6.99. The lowest BCUT2D eigenvalue weighted by Gasteiger charge is -2.31. The van der Waals surface area contributed by atoms with Gasteiger partial charge in [0.25, 0.3) is 0 Å². The Morgan fingerprint density at radius 2 is 0.649 bits per heavy atom. The predicted molar refractivity (Wildman–Crippen MR) is 170 cm³/mol. The van der Waals surface area contributed by atoms with Crippen LogP contribution in [0.5, 0.6) is 0 Å². The van der Waals surface area contributed by atoms with Crippen molar-refractivity contribution in [3.8, 4) is 0 Å². The zero-order valence-electron chi connectivity index (χ0n) is 24.1. The van der Waals surface area contributed by atoms with Gasteiger partial charge in [-0.25, -0.2) is 0 Å². The first kappa shape index (κ1) is 27.8. The fraction of sp³-hybridized carbons (Fsp3) is 0.314. The summed E-state index contributed by atoms with van der Waals surface area (Å²) in [6.45, 7) is 20.5. The van der Waals surface area contributed by atoms with Crippen LogP contribution in [0.4, 0.5) is 0 Å². The van der Waals surface area contributed by atoms with E-state index in [2.05, 4.69) is 135 Å². The van der Waals surface area contributed by atoms with Gasteiger partial charge in [-0.15, -0.1) is 0 Å². The first-order valence-electron chi connectivity index (χ1n) is 13.4. The van der Waals surface area contributed by atoms with Crippen molar-refractivity contribution < 1.29 is 0 Å². The quantitative estimate of drug-likeness (QED) is 0.214. The summed E-state index contributed by atoms with van der Waals surface area (Å²) in [6.07, 6.45) is 1.19. The molecule has 0 bridgehead atoms. The van der Waals surface area contributed by atoms with Gasteiger partial charge in [0.2, 0.25) is 0 Å². The molecule has 192 valence electrons. The van der Waals surface area contributed by atoms with Crippen LogP contribution in [-0.4, -0.2) is 11.8 Å². The Hall–Kier alpha value is -2.26. The summed E-state index contributed by atoms with van der Waals surface area (Å²) in [7, 11) is -0.987. The van der Waals surface area contributed by atoms with Gasteiger partial charge in [-0.05, 0) is 104 Å². The van der Waals surface area contributed by atoms with E-state index in [-0.39, 0.29) is 0 Å². The molecule has 37 heavy (non-hydrogen) atoms. The number of benzene rings is 4. The highest BCUT2D eigenvalue weighted by atomic mass is 31.1. The minimum absolute atomic E-state index is 0.483. The van der Waals surface area contributed by atoms with Crippen molar-refractivity contribution in [3.63, 3.8) is 0 Å². The van der Waals surface area contributed by atoms with Crippen LogP contribution in [0.3, 0.4) is 0 Å².